The van der Waals surface area contributed by atoms with Crippen molar-refractivity contribution in [1.29, 1.82) is 0 Å². The Morgan fingerprint density at radius 3 is 2.18 bits per heavy atom. The van der Waals surface area contributed by atoms with Crippen LogP contribution in [0.15, 0.2) is 41.8 Å². The van der Waals surface area contributed by atoms with Gasteiger partial charge in [-0.15, -0.1) is 11.3 Å². The third kappa shape index (κ3) is 7.08. The quantitative estimate of drug-likeness (QED) is 0.346. The van der Waals surface area contributed by atoms with Crippen LogP contribution in [0.25, 0.3) is 0 Å². The first kappa shape index (κ1) is 26.4. The van der Waals surface area contributed by atoms with Crippen LogP contribution in [0.2, 0.25) is 0 Å². The molecule has 33 heavy (non-hydrogen) atoms. The topological polar surface area (TPSA) is 100 Å². The number of benzene rings is 1. The van der Waals surface area contributed by atoms with E-state index in [-0.39, 0.29) is 32.1 Å². The zero-order chi connectivity index (χ0) is 24.3. The van der Waals surface area contributed by atoms with Gasteiger partial charge in [-0.05, 0) is 43.0 Å². The van der Waals surface area contributed by atoms with Crippen LogP contribution >= 0.6 is 11.3 Å². The Morgan fingerprint density at radius 1 is 1.06 bits per heavy atom. The van der Waals surface area contributed by atoms with E-state index >= 15 is 0 Å². The van der Waals surface area contributed by atoms with Gasteiger partial charge in [-0.1, -0.05) is 18.2 Å². The lowest BCUT2D eigenvalue weighted by atomic mass is 9.93. The fourth-order valence-electron chi connectivity index (χ4n) is 2.90. The first-order chi connectivity index (χ1) is 15.9. The van der Waals surface area contributed by atoms with E-state index in [9.17, 15) is 18.8 Å². The first-order valence-corrected chi connectivity index (χ1v) is 11.3. The molecular formula is C23H28FNO7S. The Labute approximate surface area is 196 Å². The van der Waals surface area contributed by atoms with Crippen molar-refractivity contribution >= 4 is 34.9 Å². The molecule has 1 unspecified atom stereocenters. The van der Waals surface area contributed by atoms with Gasteiger partial charge >= 0.3 is 11.9 Å². The largest absolute Gasteiger partial charge is 0.463 e. The summed E-state index contributed by atoms with van der Waals surface area (Å²) in [5.41, 5.74) is -1.06. The van der Waals surface area contributed by atoms with E-state index in [1.54, 1.807) is 55.6 Å². The second kappa shape index (κ2) is 13.0. The van der Waals surface area contributed by atoms with Gasteiger partial charge in [0.15, 0.2) is 0 Å². The van der Waals surface area contributed by atoms with Gasteiger partial charge in [-0.25, -0.2) is 14.0 Å². The van der Waals surface area contributed by atoms with E-state index < -0.39 is 30.3 Å². The molecule has 1 atom stereocenters. The van der Waals surface area contributed by atoms with Crippen molar-refractivity contribution in [3.05, 3.63) is 52.2 Å². The number of amides is 1. The molecule has 0 aliphatic rings. The molecule has 0 spiro atoms. The molecule has 1 aromatic heterocycles. The summed E-state index contributed by atoms with van der Waals surface area (Å²) in [7, 11) is 1.30. The summed E-state index contributed by atoms with van der Waals surface area (Å²) < 4.78 is 34.0. The minimum absolute atomic E-state index is 0.00779. The van der Waals surface area contributed by atoms with E-state index in [4.69, 9.17) is 18.9 Å². The molecule has 8 nitrogen and oxygen atoms in total. The summed E-state index contributed by atoms with van der Waals surface area (Å²) in [5.74, 6) is -2.12. The van der Waals surface area contributed by atoms with Gasteiger partial charge < -0.3 is 24.3 Å². The Balaban J connectivity index is 2.28. The standard InChI is InChI=1S/C23H28FNO7S/c1-4-30-21(27)23(22(28)31-5-2,32-15-18(14-24)29-3)13-16-8-10-17(11-9-16)25-20(26)19-7-6-12-33-19/h6-12,18H,4-5,13-15H2,1-3H3,(H,25,26). The normalized spacial score (nSPS) is 12.1. The number of rotatable bonds is 13. The van der Waals surface area contributed by atoms with E-state index in [1.807, 2.05) is 0 Å². The summed E-state index contributed by atoms with van der Waals surface area (Å²) >= 11 is 1.32. The number of thiophene rings is 1. The number of esters is 2. The van der Waals surface area contributed by atoms with Gasteiger partial charge in [0.05, 0.1) is 24.7 Å². The SMILES string of the molecule is CCOC(=O)C(Cc1ccc(NC(=O)c2cccs2)cc1)(OCC(CF)OC)C(=O)OCC. The van der Waals surface area contributed by atoms with Crippen LogP contribution in [0.5, 0.6) is 0 Å². The van der Waals surface area contributed by atoms with E-state index in [2.05, 4.69) is 5.32 Å². The maximum atomic E-state index is 13.1. The lowest BCUT2D eigenvalue weighted by Crippen LogP contribution is -2.54. The maximum absolute atomic E-state index is 13.1. The molecule has 0 radical (unpaired) electrons. The molecular weight excluding hydrogens is 453 g/mol. The molecule has 10 heteroatoms. The van der Waals surface area contributed by atoms with Crippen LogP contribution < -0.4 is 5.32 Å². The van der Waals surface area contributed by atoms with E-state index in [0.29, 0.717) is 16.1 Å². The van der Waals surface area contributed by atoms with Crippen molar-refractivity contribution < 1.29 is 37.7 Å². The predicted octanol–water partition coefficient (Wildman–Crippen LogP) is 3.41. The van der Waals surface area contributed by atoms with Crippen LogP contribution in [0.3, 0.4) is 0 Å². The highest BCUT2D eigenvalue weighted by Gasteiger charge is 2.51. The number of halogens is 1. The molecule has 0 saturated heterocycles. The number of methoxy groups -OCH3 is 1. The zero-order valence-electron chi connectivity index (χ0n) is 18.8. The number of anilines is 1. The fraction of sp³-hybridized carbons (Fsp3) is 0.435. The second-order valence-electron chi connectivity index (χ2n) is 6.90. The zero-order valence-corrected chi connectivity index (χ0v) is 19.6. The van der Waals surface area contributed by atoms with Crippen LogP contribution in [-0.4, -0.2) is 63.2 Å². The minimum Gasteiger partial charge on any atom is -0.463 e. The molecule has 180 valence electrons. The molecule has 0 aliphatic heterocycles. The van der Waals surface area contributed by atoms with Gasteiger partial charge in [0.25, 0.3) is 11.5 Å². The summed E-state index contributed by atoms with van der Waals surface area (Å²) in [4.78, 5) is 38.6. The maximum Gasteiger partial charge on any atom is 0.350 e. The minimum atomic E-state index is -2.14. The summed E-state index contributed by atoms with van der Waals surface area (Å²) in [5, 5.41) is 4.58. The van der Waals surface area contributed by atoms with Gasteiger partial charge in [0.2, 0.25) is 0 Å². The van der Waals surface area contributed by atoms with Crippen LogP contribution in [0.1, 0.15) is 29.1 Å². The lowest BCUT2D eigenvalue weighted by Gasteiger charge is -2.30. The smallest absolute Gasteiger partial charge is 0.350 e. The highest BCUT2D eigenvalue weighted by Crippen LogP contribution is 2.25. The van der Waals surface area contributed by atoms with Gasteiger partial charge in [0, 0.05) is 19.2 Å². The molecule has 1 aromatic carbocycles. The second-order valence-corrected chi connectivity index (χ2v) is 7.84. The summed E-state index contributed by atoms with van der Waals surface area (Å²) in [6.45, 7) is 1.98. The molecule has 0 aliphatic carbocycles. The first-order valence-electron chi connectivity index (χ1n) is 10.4. The third-order valence-electron chi connectivity index (χ3n) is 4.64. The number of ether oxygens (including phenoxy) is 4. The number of nitrogens with one attached hydrogen (secondary N) is 1. The average Bonchev–Trinajstić information content (AvgIpc) is 3.35. The van der Waals surface area contributed by atoms with Crippen molar-refractivity contribution in [3.8, 4) is 0 Å². The molecule has 1 heterocycles. The summed E-state index contributed by atoms with van der Waals surface area (Å²) in [6, 6.07) is 10.1. The molecule has 2 rings (SSSR count). The van der Waals surface area contributed by atoms with Crippen LogP contribution in [0.4, 0.5) is 10.1 Å². The Morgan fingerprint density at radius 2 is 1.70 bits per heavy atom. The number of carbonyl (C=O) groups is 3. The molecule has 1 amide bonds. The van der Waals surface area contributed by atoms with Gasteiger partial charge in [-0.3, -0.25) is 4.79 Å². The highest BCUT2D eigenvalue weighted by atomic mass is 32.1. The highest BCUT2D eigenvalue weighted by molar-refractivity contribution is 7.12. The molecule has 2 aromatic rings. The monoisotopic (exact) mass is 481 g/mol. The fourth-order valence-corrected chi connectivity index (χ4v) is 3.52. The van der Waals surface area contributed by atoms with Gasteiger partial charge in [0.1, 0.15) is 12.8 Å². The van der Waals surface area contributed by atoms with Crippen molar-refractivity contribution in [2.75, 3.05) is 38.9 Å². The van der Waals surface area contributed by atoms with Crippen molar-refractivity contribution in [3.63, 3.8) is 0 Å². The van der Waals surface area contributed by atoms with Crippen molar-refractivity contribution in [1.82, 2.24) is 0 Å². The number of hydrogen-bond donors (Lipinski definition) is 1. The van der Waals surface area contributed by atoms with Crippen LogP contribution in [-0.2, 0) is 35.0 Å². The molecule has 1 N–H and O–H groups in total. The Hall–Kier alpha value is -2.82. The molecule has 0 saturated carbocycles. The number of carbonyl (C=O) groups excluding carboxylic acids is 3. The van der Waals surface area contributed by atoms with E-state index in [0.717, 1.165) is 0 Å². The Kier molecular flexibility index (Phi) is 10.4. The summed E-state index contributed by atoms with van der Waals surface area (Å²) in [6.07, 6.45) is -1.19. The van der Waals surface area contributed by atoms with Crippen molar-refractivity contribution in [2.45, 2.75) is 32.0 Å². The van der Waals surface area contributed by atoms with E-state index in [1.165, 1.54) is 18.4 Å². The number of alkyl halides is 1. The number of hydrogen-bond acceptors (Lipinski definition) is 8. The molecule has 0 bridgehead atoms. The molecule has 0 fully saturated rings. The van der Waals surface area contributed by atoms with Crippen molar-refractivity contribution in [2.24, 2.45) is 0 Å². The third-order valence-corrected chi connectivity index (χ3v) is 5.51. The lowest BCUT2D eigenvalue weighted by molar-refractivity contribution is -0.195. The Bertz CT molecular complexity index is 880. The average molecular weight is 482 g/mol. The van der Waals surface area contributed by atoms with Gasteiger partial charge in [-0.2, -0.15) is 0 Å². The van der Waals surface area contributed by atoms with Crippen LogP contribution in [0, 0.1) is 0 Å². The predicted molar refractivity (Wildman–Crippen MR) is 121 cm³/mol.